The van der Waals surface area contributed by atoms with Gasteiger partial charge < -0.3 is 14.2 Å². The molecule has 4 rings (SSSR count). The monoisotopic (exact) mass is 682 g/mol. The van der Waals surface area contributed by atoms with Gasteiger partial charge in [-0.05, 0) is 31.5 Å². The number of nitrogens with one attached hydrogen (secondary N) is 1. The number of carbonyl (C=O) groups is 1. The second-order valence-corrected chi connectivity index (χ2v) is 12.3. The summed E-state index contributed by atoms with van der Waals surface area (Å²) in [5.74, 6) is 0.447. The minimum atomic E-state index is -1.00. The van der Waals surface area contributed by atoms with E-state index in [0.29, 0.717) is 40.8 Å². The molecular formula is C35H44Cl2N6O4. The molecule has 12 heteroatoms. The quantitative estimate of drug-likeness (QED) is 0.0429. The Balaban J connectivity index is 1.25. The van der Waals surface area contributed by atoms with Crippen LogP contribution in [0, 0.1) is 0 Å². The Kier molecular flexibility index (Phi) is 14.1. The van der Waals surface area contributed by atoms with Gasteiger partial charge in [-0.25, -0.2) is 19.3 Å². The van der Waals surface area contributed by atoms with Gasteiger partial charge in [-0.15, -0.1) is 10.2 Å². The van der Waals surface area contributed by atoms with E-state index in [1.54, 1.807) is 29.6 Å². The van der Waals surface area contributed by atoms with Crippen molar-refractivity contribution in [2.45, 2.75) is 97.1 Å². The van der Waals surface area contributed by atoms with Crippen molar-refractivity contribution < 1.29 is 19.0 Å². The molecule has 0 saturated carbocycles. The van der Waals surface area contributed by atoms with Gasteiger partial charge in [-0.1, -0.05) is 125 Å². The molecule has 2 heterocycles. The van der Waals surface area contributed by atoms with Gasteiger partial charge in [0.25, 0.3) is 0 Å². The maximum absolute atomic E-state index is 12.6. The van der Waals surface area contributed by atoms with Crippen LogP contribution in [0.15, 0.2) is 58.5 Å². The summed E-state index contributed by atoms with van der Waals surface area (Å²) in [5.41, 5.74) is 1.05. The molecule has 0 amide bonds. The number of carbonyl (C=O) groups excluding carboxylic acids is 1. The van der Waals surface area contributed by atoms with Crippen molar-refractivity contribution in [1.82, 2.24) is 19.8 Å². The van der Waals surface area contributed by atoms with E-state index in [1.165, 1.54) is 64.2 Å². The van der Waals surface area contributed by atoms with Crippen LogP contribution in [0.5, 0.6) is 5.88 Å². The third-order valence-corrected chi connectivity index (χ3v) is 8.53. The topological polar surface area (TPSA) is 115 Å². The molecule has 0 aliphatic heterocycles. The fraction of sp³-hybridized carbons (Fsp3) is 0.457. The molecule has 0 fully saturated rings. The average molecular weight is 684 g/mol. The zero-order chi connectivity index (χ0) is 33.5. The second-order valence-electron chi connectivity index (χ2n) is 11.5. The highest BCUT2D eigenvalue weighted by Crippen LogP contribution is 2.30. The summed E-state index contributed by atoms with van der Waals surface area (Å²) in [5, 5.41) is 12.1. The number of hydrogen-bond acceptors (Lipinski definition) is 8. The van der Waals surface area contributed by atoms with Crippen molar-refractivity contribution >= 4 is 53.3 Å². The van der Waals surface area contributed by atoms with E-state index < -0.39 is 11.7 Å². The highest BCUT2D eigenvalue weighted by Gasteiger charge is 2.22. The Morgan fingerprint density at radius 1 is 0.936 bits per heavy atom. The smallest absolute Gasteiger partial charge is 0.338 e. The molecule has 4 aromatic rings. The van der Waals surface area contributed by atoms with E-state index in [2.05, 4.69) is 32.2 Å². The molecule has 252 valence electrons. The van der Waals surface area contributed by atoms with Gasteiger partial charge in [-0.2, -0.15) is 0 Å². The van der Waals surface area contributed by atoms with Crippen LogP contribution >= 0.6 is 23.2 Å². The van der Waals surface area contributed by atoms with Gasteiger partial charge in [-0.3, -0.25) is 5.10 Å². The SMILES string of the molecule is CCCCCCCCCCCCOC(=O)c1ccc(Cl)c(N=COC(C)(CC)/N=C/Oc2[nH]n3c(-c4ccccc4)nnc3c2Cl)c1. The maximum atomic E-state index is 12.6. The second kappa shape index (κ2) is 18.4. The first-order chi connectivity index (χ1) is 22.8. The van der Waals surface area contributed by atoms with Gasteiger partial charge >= 0.3 is 5.97 Å². The van der Waals surface area contributed by atoms with Crippen LogP contribution in [-0.4, -0.2) is 50.9 Å². The summed E-state index contributed by atoms with van der Waals surface area (Å²) >= 11 is 12.8. The number of aromatic nitrogens is 4. The van der Waals surface area contributed by atoms with Gasteiger partial charge in [0.15, 0.2) is 24.3 Å². The Bertz CT molecular complexity index is 1620. The molecule has 0 saturated heterocycles. The van der Waals surface area contributed by atoms with E-state index >= 15 is 0 Å². The summed E-state index contributed by atoms with van der Waals surface area (Å²) < 4.78 is 18.7. The number of H-pyrrole nitrogens is 1. The normalized spacial score (nSPS) is 13.0. The molecule has 0 bridgehead atoms. The fourth-order valence-electron chi connectivity index (χ4n) is 4.81. The van der Waals surface area contributed by atoms with Gasteiger partial charge in [0.1, 0.15) is 5.02 Å². The minimum absolute atomic E-state index is 0.258. The Hall–Kier alpha value is -3.89. The van der Waals surface area contributed by atoms with Crippen LogP contribution in [0.2, 0.25) is 10.0 Å². The Morgan fingerprint density at radius 3 is 2.34 bits per heavy atom. The predicted molar refractivity (Wildman–Crippen MR) is 188 cm³/mol. The molecule has 1 unspecified atom stereocenters. The lowest BCUT2D eigenvalue weighted by molar-refractivity contribution is 0.0497. The summed E-state index contributed by atoms with van der Waals surface area (Å²) in [6.07, 6.45) is 15.2. The van der Waals surface area contributed by atoms with Gasteiger partial charge in [0.05, 0.1) is 22.9 Å². The lowest BCUT2D eigenvalue weighted by atomic mass is 10.1. The summed E-state index contributed by atoms with van der Waals surface area (Å²) in [4.78, 5) is 21.4. The van der Waals surface area contributed by atoms with Crippen molar-refractivity contribution in [2.24, 2.45) is 9.98 Å². The number of aromatic amines is 1. The number of halogens is 2. The molecule has 1 N–H and O–H groups in total. The molecule has 0 spiro atoms. The number of aliphatic imine (C=N–C) groups is 2. The highest BCUT2D eigenvalue weighted by molar-refractivity contribution is 6.35. The van der Waals surface area contributed by atoms with Crippen LogP contribution in [-0.2, 0) is 9.47 Å². The number of unbranched alkanes of at least 4 members (excludes halogenated alkanes) is 9. The number of fused-ring (bicyclic) bond motifs is 1. The first kappa shape index (κ1) is 36.0. The number of hydrogen-bond donors (Lipinski definition) is 1. The first-order valence-corrected chi connectivity index (χ1v) is 17.2. The summed E-state index contributed by atoms with van der Waals surface area (Å²) in [6, 6.07) is 14.4. The van der Waals surface area contributed by atoms with Crippen LogP contribution in [0.3, 0.4) is 0 Å². The Morgan fingerprint density at radius 2 is 1.64 bits per heavy atom. The van der Waals surface area contributed by atoms with Crippen molar-refractivity contribution in [3.63, 3.8) is 0 Å². The molecule has 0 aliphatic carbocycles. The van der Waals surface area contributed by atoms with E-state index in [1.807, 2.05) is 37.3 Å². The van der Waals surface area contributed by atoms with Gasteiger partial charge in [0.2, 0.25) is 11.6 Å². The number of benzene rings is 2. The number of esters is 1. The zero-order valence-electron chi connectivity index (χ0n) is 27.4. The van der Waals surface area contributed by atoms with E-state index in [9.17, 15) is 4.79 Å². The zero-order valence-corrected chi connectivity index (χ0v) is 28.9. The number of ether oxygens (including phenoxy) is 3. The van der Waals surface area contributed by atoms with E-state index in [-0.39, 0.29) is 10.9 Å². The summed E-state index contributed by atoms with van der Waals surface area (Å²) in [7, 11) is 0. The molecule has 2 aromatic heterocycles. The van der Waals surface area contributed by atoms with Crippen LogP contribution in [0.1, 0.15) is 102 Å². The molecule has 47 heavy (non-hydrogen) atoms. The third-order valence-electron chi connectivity index (χ3n) is 7.87. The molecule has 2 aromatic carbocycles. The Labute approximate surface area is 286 Å². The first-order valence-electron chi connectivity index (χ1n) is 16.4. The van der Waals surface area contributed by atoms with Crippen molar-refractivity contribution in [1.29, 1.82) is 0 Å². The highest BCUT2D eigenvalue weighted by atomic mass is 35.5. The average Bonchev–Trinajstić information content (AvgIpc) is 3.64. The van der Waals surface area contributed by atoms with Gasteiger partial charge in [0, 0.05) is 12.0 Å². The van der Waals surface area contributed by atoms with Crippen molar-refractivity contribution in [2.75, 3.05) is 6.61 Å². The van der Waals surface area contributed by atoms with Crippen molar-refractivity contribution in [3.8, 4) is 17.3 Å². The molecule has 1 atom stereocenters. The lowest BCUT2D eigenvalue weighted by Gasteiger charge is -2.21. The molecule has 10 nitrogen and oxygen atoms in total. The van der Waals surface area contributed by atoms with E-state index in [0.717, 1.165) is 18.4 Å². The third kappa shape index (κ3) is 10.6. The lowest BCUT2D eigenvalue weighted by Crippen LogP contribution is -2.25. The molecule has 0 radical (unpaired) electrons. The number of nitrogens with zero attached hydrogens (tertiary/aromatic N) is 5. The van der Waals surface area contributed by atoms with Crippen LogP contribution in [0.25, 0.3) is 17.0 Å². The fourth-order valence-corrected chi connectivity index (χ4v) is 5.18. The molecular weight excluding hydrogens is 639 g/mol. The standard InChI is InChI=1S/C35H44Cl2N6O4/c1-4-6-7-8-9-10-11-12-13-17-22-45-34(44)27-20-21-28(36)29(23-27)38-24-47-35(3,5-2)39-25-46-33-30(37)32-41-40-31(43(32)42-33)26-18-15-14-16-19-26/h14-16,18-21,23-25,42H,4-13,17,22H2,1-3H3/b38-24?,39-25+. The largest absolute Gasteiger partial charge is 0.462 e. The molecule has 0 aliphatic rings. The van der Waals surface area contributed by atoms with Crippen LogP contribution in [0.4, 0.5) is 5.69 Å². The number of rotatable bonds is 20. The predicted octanol–water partition coefficient (Wildman–Crippen LogP) is 10.0. The van der Waals surface area contributed by atoms with E-state index in [4.69, 9.17) is 37.4 Å². The van der Waals surface area contributed by atoms with Crippen LogP contribution < -0.4 is 4.74 Å². The summed E-state index contributed by atoms with van der Waals surface area (Å²) in [6.45, 7) is 6.32. The minimum Gasteiger partial charge on any atom is -0.462 e. The van der Waals surface area contributed by atoms with Crippen molar-refractivity contribution in [3.05, 3.63) is 64.1 Å². The maximum Gasteiger partial charge on any atom is 0.338 e.